The first kappa shape index (κ1) is 19.8. The average Bonchev–Trinajstić information content (AvgIpc) is 3.54. The van der Waals surface area contributed by atoms with E-state index in [0.717, 1.165) is 66.6 Å². The van der Waals surface area contributed by atoms with E-state index < -0.39 is 6.10 Å². The van der Waals surface area contributed by atoms with Crippen LogP contribution in [0.3, 0.4) is 0 Å². The minimum Gasteiger partial charge on any atom is -0.385 e. The van der Waals surface area contributed by atoms with Crippen molar-refractivity contribution in [3.63, 3.8) is 0 Å². The fourth-order valence-electron chi connectivity index (χ4n) is 5.16. The number of hydrogen-bond acceptors (Lipinski definition) is 7. The second-order valence-corrected chi connectivity index (χ2v) is 9.92. The van der Waals surface area contributed by atoms with Crippen molar-refractivity contribution in [2.75, 3.05) is 18.0 Å². The highest BCUT2D eigenvalue weighted by atomic mass is 32.1. The first-order valence-corrected chi connectivity index (χ1v) is 12.1. The van der Waals surface area contributed by atoms with Crippen molar-refractivity contribution in [2.45, 2.75) is 38.2 Å². The molecule has 1 aliphatic carbocycles. The van der Waals surface area contributed by atoms with E-state index in [1.165, 1.54) is 22.2 Å². The van der Waals surface area contributed by atoms with Gasteiger partial charge in [0.05, 0.1) is 5.39 Å². The number of aliphatic hydroxyl groups excluding tert-OH is 1. The Balaban J connectivity index is 1.42. The highest BCUT2D eigenvalue weighted by Crippen LogP contribution is 2.43. The molecule has 0 amide bonds. The number of aliphatic hydroxyl groups is 1. The first-order chi connectivity index (χ1) is 15.7. The maximum atomic E-state index is 11.1. The van der Waals surface area contributed by atoms with Gasteiger partial charge in [0.2, 0.25) is 0 Å². The summed E-state index contributed by atoms with van der Waals surface area (Å²) >= 11 is 1.82. The molecule has 1 aliphatic heterocycles. The molecule has 0 spiro atoms. The maximum absolute atomic E-state index is 11.1. The Kier molecular flexibility index (Phi) is 4.91. The van der Waals surface area contributed by atoms with Crippen molar-refractivity contribution < 1.29 is 5.11 Å². The van der Waals surface area contributed by atoms with Gasteiger partial charge >= 0.3 is 0 Å². The number of fused-ring (bicyclic) bond motifs is 3. The number of piperidine rings is 1. The van der Waals surface area contributed by atoms with Crippen LogP contribution < -0.4 is 4.90 Å². The molecule has 6 rings (SSSR count). The van der Waals surface area contributed by atoms with Gasteiger partial charge in [-0.05, 0) is 49.8 Å². The number of aromatic nitrogens is 5. The summed E-state index contributed by atoms with van der Waals surface area (Å²) < 4.78 is 1.92. The van der Waals surface area contributed by atoms with Crippen molar-refractivity contribution in [3.05, 3.63) is 53.2 Å². The molecule has 1 fully saturated rings. The molecule has 0 bridgehead atoms. The molecule has 8 heteroatoms. The zero-order valence-electron chi connectivity index (χ0n) is 18.1. The molecule has 0 aromatic carbocycles. The van der Waals surface area contributed by atoms with Gasteiger partial charge in [-0.2, -0.15) is 0 Å². The van der Waals surface area contributed by atoms with Crippen LogP contribution >= 0.6 is 11.3 Å². The van der Waals surface area contributed by atoms with Gasteiger partial charge in [0, 0.05) is 61.3 Å². The molecule has 1 N–H and O–H groups in total. The van der Waals surface area contributed by atoms with Gasteiger partial charge in [0.25, 0.3) is 0 Å². The monoisotopic (exact) mass is 446 g/mol. The molecule has 7 nitrogen and oxygen atoms in total. The largest absolute Gasteiger partial charge is 0.385 e. The third-order valence-corrected chi connectivity index (χ3v) is 7.98. The van der Waals surface area contributed by atoms with Crippen molar-refractivity contribution >= 4 is 27.4 Å². The molecule has 4 aromatic heterocycles. The van der Waals surface area contributed by atoms with Gasteiger partial charge in [-0.25, -0.2) is 15.0 Å². The smallest absolute Gasteiger partial charge is 0.164 e. The van der Waals surface area contributed by atoms with Crippen LogP contribution in [0.25, 0.3) is 21.6 Å². The van der Waals surface area contributed by atoms with Gasteiger partial charge in [-0.3, -0.25) is 4.98 Å². The Labute approximate surface area is 190 Å². The zero-order valence-corrected chi connectivity index (χ0v) is 18.9. The maximum Gasteiger partial charge on any atom is 0.164 e. The molecule has 5 heterocycles. The molecular weight excluding hydrogens is 420 g/mol. The molecule has 2 aliphatic rings. The van der Waals surface area contributed by atoms with Crippen LogP contribution in [0.1, 0.15) is 41.6 Å². The fraction of sp³-hybridized carbons (Fsp3) is 0.417. The lowest BCUT2D eigenvalue weighted by Crippen LogP contribution is -2.39. The average molecular weight is 447 g/mol. The van der Waals surface area contributed by atoms with Crippen LogP contribution in [0, 0.1) is 5.92 Å². The SMILES string of the molecule is Cn1ccnc1C(O)C1CCCN(c2nc(-c3cccnc3)nc3sc4c(c23)CCC4)C1. The summed E-state index contributed by atoms with van der Waals surface area (Å²) in [4.78, 5) is 23.6. The molecule has 2 unspecified atom stereocenters. The Morgan fingerprint density at radius 1 is 1.19 bits per heavy atom. The molecule has 4 aromatic rings. The van der Waals surface area contributed by atoms with E-state index in [9.17, 15) is 5.11 Å². The quantitative estimate of drug-likeness (QED) is 0.512. The molecule has 2 atom stereocenters. The van der Waals surface area contributed by atoms with E-state index in [0.29, 0.717) is 0 Å². The summed E-state index contributed by atoms with van der Waals surface area (Å²) in [5.41, 5.74) is 2.37. The number of hydrogen-bond donors (Lipinski definition) is 1. The van der Waals surface area contributed by atoms with E-state index in [2.05, 4.69) is 14.9 Å². The summed E-state index contributed by atoms with van der Waals surface area (Å²) in [5, 5.41) is 12.3. The molecule has 0 saturated carbocycles. The van der Waals surface area contributed by atoms with E-state index in [1.807, 2.05) is 47.5 Å². The molecule has 32 heavy (non-hydrogen) atoms. The predicted molar refractivity (Wildman–Crippen MR) is 126 cm³/mol. The standard InChI is InChI=1S/C24H26N6OS/c1-29-12-10-26-23(29)20(31)16-6-4-11-30(14-16)22-19-17-7-2-8-18(17)32-24(19)28-21(27-22)15-5-3-9-25-13-15/h3,5,9-10,12-13,16,20,31H,2,4,6-8,11,14H2,1H3. The fourth-order valence-corrected chi connectivity index (χ4v) is 6.42. The Morgan fingerprint density at radius 3 is 2.94 bits per heavy atom. The van der Waals surface area contributed by atoms with Crippen LogP contribution in [0.4, 0.5) is 5.82 Å². The summed E-state index contributed by atoms with van der Waals surface area (Å²) in [5.74, 6) is 2.60. The van der Waals surface area contributed by atoms with E-state index in [-0.39, 0.29) is 5.92 Å². The highest BCUT2D eigenvalue weighted by Gasteiger charge is 2.32. The van der Waals surface area contributed by atoms with Crippen molar-refractivity contribution in [1.82, 2.24) is 24.5 Å². The number of aryl methyl sites for hydroxylation is 3. The second-order valence-electron chi connectivity index (χ2n) is 8.84. The highest BCUT2D eigenvalue weighted by molar-refractivity contribution is 7.19. The first-order valence-electron chi connectivity index (χ1n) is 11.3. The van der Waals surface area contributed by atoms with Crippen molar-refractivity contribution in [1.29, 1.82) is 0 Å². The molecular formula is C24H26N6OS. The lowest BCUT2D eigenvalue weighted by Gasteiger charge is -2.36. The van der Waals surface area contributed by atoms with Crippen molar-refractivity contribution in [2.24, 2.45) is 13.0 Å². The van der Waals surface area contributed by atoms with Gasteiger partial charge < -0.3 is 14.6 Å². The Hall–Kier alpha value is -2.84. The van der Waals surface area contributed by atoms with Crippen LogP contribution in [-0.2, 0) is 19.9 Å². The van der Waals surface area contributed by atoms with Gasteiger partial charge in [-0.15, -0.1) is 11.3 Å². The van der Waals surface area contributed by atoms with Gasteiger partial charge in [-0.1, -0.05) is 0 Å². The molecule has 0 radical (unpaired) electrons. The van der Waals surface area contributed by atoms with Crippen LogP contribution in [0.5, 0.6) is 0 Å². The number of rotatable bonds is 4. The topological polar surface area (TPSA) is 80.0 Å². The van der Waals surface area contributed by atoms with E-state index >= 15 is 0 Å². The molecule has 164 valence electrons. The third-order valence-electron chi connectivity index (χ3n) is 6.79. The number of pyridine rings is 1. The third kappa shape index (κ3) is 3.29. The van der Waals surface area contributed by atoms with Crippen molar-refractivity contribution in [3.8, 4) is 11.4 Å². The van der Waals surface area contributed by atoms with Gasteiger partial charge in [0.15, 0.2) is 5.82 Å². The Bertz CT molecular complexity index is 1270. The predicted octanol–water partition coefficient (Wildman–Crippen LogP) is 3.93. The second kappa shape index (κ2) is 7.94. The number of thiophene rings is 1. The zero-order chi connectivity index (χ0) is 21.7. The minimum atomic E-state index is -0.582. The summed E-state index contributed by atoms with van der Waals surface area (Å²) in [6.45, 7) is 1.70. The summed E-state index contributed by atoms with van der Waals surface area (Å²) in [6.07, 6.45) is 12.1. The number of nitrogens with zero attached hydrogens (tertiary/aromatic N) is 6. The van der Waals surface area contributed by atoms with Crippen LogP contribution in [0.15, 0.2) is 36.9 Å². The summed E-state index contributed by atoms with van der Waals surface area (Å²) in [6, 6.07) is 3.94. The lowest BCUT2D eigenvalue weighted by atomic mass is 9.91. The number of anilines is 1. The minimum absolute atomic E-state index is 0.114. The number of imidazole rings is 1. The summed E-state index contributed by atoms with van der Waals surface area (Å²) in [7, 11) is 1.94. The van der Waals surface area contributed by atoms with E-state index in [4.69, 9.17) is 9.97 Å². The Morgan fingerprint density at radius 2 is 2.12 bits per heavy atom. The lowest BCUT2D eigenvalue weighted by molar-refractivity contribution is 0.0874. The van der Waals surface area contributed by atoms with E-state index in [1.54, 1.807) is 12.4 Å². The van der Waals surface area contributed by atoms with Crippen LogP contribution in [-0.4, -0.2) is 42.7 Å². The normalized spacial score (nSPS) is 19.4. The molecule has 1 saturated heterocycles. The van der Waals surface area contributed by atoms with Crippen LogP contribution in [0.2, 0.25) is 0 Å². The van der Waals surface area contributed by atoms with Gasteiger partial charge in [0.1, 0.15) is 22.6 Å².